The summed E-state index contributed by atoms with van der Waals surface area (Å²) in [5.41, 5.74) is 3.47. The Hall–Kier alpha value is -3.47. The second kappa shape index (κ2) is 9.13. The van der Waals surface area contributed by atoms with Crippen molar-refractivity contribution in [3.8, 4) is 0 Å². The lowest BCUT2D eigenvalue weighted by Gasteiger charge is -2.18. The van der Waals surface area contributed by atoms with E-state index in [4.69, 9.17) is 0 Å². The first kappa shape index (κ1) is 20.8. The van der Waals surface area contributed by atoms with Crippen LogP contribution in [0.2, 0.25) is 0 Å². The monoisotopic (exact) mass is 416 g/mol. The fraction of sp³-hybridized carbons (Fsp3) is 0.231. The Morgan fingerprint density at radius 2 is 1.61 bits per heavy atom. The number of nitrogens with zero attached hydrogens (tertiary/aromatic N) is 1. The van der Waals surface area contributed by atoms with E-state index in [1.807, 2.05) is 61.5 Å². The number of likely N-dealkylation sites (tertiary alicyclic amines) is 1. The first-order valence-corrected chi connectivity index (χ1v) is 10.4. The van der Waals surface area contributed by atoms with Crippen LogP contribution in [0.15, 0.2) is 78.9 Å². The Kier molecular flexibility index (Phi) is 6.12. The van der Waals surface area contributed by atoms with Crippen molar-refractivity contribution < 1.29 is 14.0 Å². The third-order valence-corrected chi connectivity index (χ3v) is 5.93. The number of aryl methyl sites for hydroxylation is 1. The summed E-state index contributed by atoms with van der Waals surface area (Å²) >= 11 is 0. The quantitative estimate of drug-likeness (QED) is 0.674. The molecule has 3 aromatic carbocycles. The van der Waals surface area contributed by atoms with Crippen molar-refractivity contribution >= 4 is 11.8 Å². The summed E-state index contributed by atoms with van der Waals surface area (Å²) in [6.45, 7) is 3.10. The highest BCUT2D eigenvalue weighted by molar-refractivity contribution is 5.96. The van der Waals surface area contributed by atoms with Crippen LogP contribution < -0.4 is 5.32 Å². The predicted molar refractivity (Wildman–Crippen MR) is 118 cm³/mol. The van der Waals surface area contributed by atoms with Crippen LogP contribution in [0, 0.1) is 18.7 Å². The summed E-state index contributed by atoms with van der Waals surface area (Å²) in [5, 5.41) is 2.97. The smallest absolute Gasteiger partial charge is 0.254 e. The molecule has 1 aliphatic rings. The van der Waals surface area contributed by atoms with Crippen LogP contribution in [0.5, 0.6) is 0 Å². The number of carbonyl (C=O) groups excluding carboxylic acids is 2. The molecule has 0 spiro atoms. The zero-order chi connectivity index (χ0) is 21.8. The number of halogens is 1. The summed E-state index contributed by atoms with van der Waals surface area (Å²) in [4.78, 5) is 28.1. The van der Waals surface area contributed by atoms with Crippen LogP contribution in [0.1, 0.15) is 33.0 Å². The van der Waals surface area contributed by atoms with E-state index in [2.05, 4.69) is 5.32 Å². The van der Waals surface area contributed by atoms with Gasteiger partial charge in [-0.05, 0) is 41.8 Å². The first-order valence-electron chi connectivity index (χ1n) is 10.4. The molecule has 31 heavy (non-hydrogen) atoms. The number of benzene rings is 3. The van der Waals surface area contributed by atoms with Gasteiger partial charge in [0.2, 0.25) is 5.91 Å². The molecule has 1 aliphatic heterocycles. The standard InChI is InChI=1S/C26H25FN2O2/c1-18-7-5-6-10-22(18)26(31)29-16-23(20-8-3-2-4-9-20)24(17-29)25(30)28-15-19-11-13-21(27)14-12-19/h2-14,23-24H,15-17H2,1H3,(H,28,30)/t23-,24-/m0/s1. The minimum Gasteiger partial charge on any atom is -0.352 e. The molecule has 1 heterocycles. The van der Waals surface area contributed by atoms with Crippen LogP contribution in [-0.2, 0) is 11.3 Å². The van der Waals surface area contributed by atoms with Crippen LogP contribution in [0.25, 0.3) is 0 Å². The lowest BCUT2D eigenvalue weighted by atomic mass is 9.88. The second-order valence-electron chi connectivity index (χ2n) is 7.99. The maximum absolute atomic E-state index is 13.2. The summed E-state index contributed by atoms with van der Waals surface area (Å²) in [7, 11) is 0. The van der Waals surface area contributed by atoms with Gasteiger partial charge in [0, 0.05) is 31.1 Å². The zero-order valence-corrected chi connectivity index (χ0v) is 17.4. The Bertz CT molecular complexity index is 1070. The van der Waals surface area contributed by atoms with E-state index in [1.165, 1.54) is 12.1 Å². The largest absolute Gasteiger partial charge is 0.352 e. The van der Waals surface area contributed by atoms with E-state index in [-0.39, 0.29) is 29.5 Å². The summed E-state index contributed by atoms with van der Waals surface area (Å²) in [6.07, 6.45) is 0. The molecule has 1 saturated heterocycles. The van der Waals surface area contributed by atoms with Gasteiger partial charge < -0.3 is 10.2 Å². The van der Waals surface area contributed by atoms with Crippen molar-refractivity contribution in [3.63, 3.8) is 0 Å². The van der Waals surface area contributed by atoms with E-state index in [0.29, 0.717) is 25.2 Å². The molecular weight excluding hydrogens is 391 g/mol. The van der Waals surface area contributed by atoms with Gasteiger partial charge in [-0.25, -0.2) is 4.39 Å². The van der Waals surface area contributed by atoms with E-state index >= 15 is 0 Å². The molecule has 0 unspecified atom stereocenters. The highest BCUT2D eigenvalue weighted by Gasteiger charge is 2.40. The molecule has 0 bridgehead atoms. The van der Waals surface area contributed by atoms with Crippen LogP contribution in [-0.4, -0.2) is 29.8 Å². The molecule has 0 aliphatic carbocycles. The zero-order valence-electron chi connectivity index (χ0n) is 17.4. The summed E-state index contributed by atoms with van der Waals surface area (Å²) < 4.78 is 13.1. The van der Waals surface area contributed by atoms with Crippen molar-refractivity contribution in [3.05, 3.63) is 107 Å². The molecule has 0 saturated carbocycles. The molecule has 4 rings (SSSR count). The topological polar surface area (TPSA) is 49.4 Å². The average molecular weight is 416 g/mol. The maximum atomic E-state index is 13.2. The van der Waals surface area contributed by atoms with Crippen LogP contribution >= 0.6 is 0 Å². The van der Waals surface area contributed by atoms with Gasteiger partial charge in [0.05, 0.1) is 5.92 Å². The third-order valence-electron chi connectivity index (χ3n) is 5.93. The van der Waals surface area contributed by atoms with E-state index in [1.54, 1.807) is 17.0 Å². The number of rotatable bonds is 5. The molecule has 1 fully saturated rings. The van der Waals surface area contributed by atoms with E-state index in [0.717, 1.165) is 16.7 Å². The molecule has 158 valence electrons. The van der Waals surface area contributed by atoms with Crippen molar-refractivity contribution in [2.75, 3.05) is 13.1 Å². The molecule has 0 radical (unpaired) electrons. The molecule has 4 nitrogen and oxygen atoms in total. The molecular formula is C26H25FN2O2. The second-order valence-corrected chi connectivity index (χ2v) is 7.99. The third kappa shape index (κ3) is 4.66. The average Bonchev–Trinajstić information content (AvgIpc) is 3.25. The number of nitrogens with one attached hydrogen (secondary N) is 1. The van der Waals surface area contributed by atoms with E-state index < -0.39 is 0 Å². The normalized spacial score (nSPS) is 18.1. The van der Waals surface area contributed by atoms with Gasteiger partial charge in [0.1, 0.15) is 5.82 Å². The van der Waals surface area contributed by atoms with Gasteiger partial charge in [-0.15, -0.1) is 0 Å². The van der Waals surface area contributed by atoms with Gasteiger partial charge in [-0.1, -0.05) is 60.7 Å². The fourth-order valence-electron chi connectivity index (χ4n) is 4.18. The lowest BCUT2D eigenvalue weighted by Crippen LogP contribution is -2.35. The Balaban J connectivity index is 1.53. The van der Waals surface area contributed by atoms with Gasteiger partial charge >= 0.3 is 0 Å². The first-order chi connectivity index (χ1) is 15.0. The van der Waals surface area contributed by atoms with Gasteiger partial charge in [-0.3, -0.25) is 9.59 Å². The number of hydrogen-bond acceptors (Lipinski definition) is 2. The molecule has 0 aromatic heterocycles. The van der Waals surface area contributed by atoms with Gasteiger partial charge in [0.25, 0.3) is 5.91 Å². The molecule has 3 aromatic rings. The molecule has 2 atom stereocenters. The lowest BCUT2D eigenvalue weighted by molar-refractivity contribution is -0.125. The number of amides is 2. The molecule has 1 N–H and O–H groups in total. The predicted octanol–water partition coefficient (Wildman–Crippen LogP) is 4.31. The van der Waals surface area contributed by atoms with Crippen molar-refractivity contribution in [1.82, 2.24) is 10.2 Å². The minimum atomic E-state index is -0.351. The van der Waals surface area contributed by atoms with Crippen molar-refractivity contribution in [1.29, 1.82) is 0 Å². The SMILES string of the molecule is Cc1ccccc1C(=O)N1C[C@H](C(=O)NCc2ccc(F)cc2)[C@H](c2ccccc2)C1. The summed E-state index contributed by atoms with van der Waals surface area (Å²) in [6, 6.07) is 23.5. The van der Waals surface area contributed by atoms with Crippen molar-refractivity contribution in [2.24, 2.45) is 5.92 Å². The van der Waals surface area contributed by atoms with Gasteiger partial charge in [0.15, 0.2) is 0 Å². The number of carbonyl (C=O) groups is 2. The highest BCUT2D eigenvalue weighted by Crippen LogP contribution is 2.34. The minimum absolute atomic E-state index is 0.0483. The van der Waals surface area contributed by atoms with Crippen LogP contribution in [0.4, 0.5) is 4.39 Å². The Morgan fingerprint density at radius 3 is 2.32 bits per heavy atom. The molecule has 2 amide bonds. The number of hydrogen-bond donors (Lipinski definition) is 1. The van der Waals surface area contributed by atoms with E-state index in [9.17, 15) is 14.0 Å². The highest BCUT2D eigenvalue weighted by atomic mass is 19.1. The van der Waals surface area contributed by atoms with Gasteiger partial charge in [-0.2, -0.15) is 0 Å². The Morgan fingerprint density at radius 1 is 0.935 bits per heavy atom. The Labute approximate surface area is 181 Å². The van der Waals surface area contributed by atoms with Crippen LogP contribution in [0.3, 0.4) is 0 Å². The fourth-order valence-corrected chi connectivity index (χ4v) is 4.18. The maximum Gasteiger partial charge on any atom is 0.254 e. The summed E-state index contributed by atoms with van der Waals surface area (Å²) in [5.74, 6) is -0.885. The van der Waals surface area contributed by atoms with Crippen molar-refractivity contribution in [2.45, 2.75) is 19.4 Å². The molecule has 5 heteroatoms.